The molecular weight excluding hydrogens is 444 g/mol. The number of Topliss-reactive ketones (excluding diaryl/α,β-unsaturated/α-hetero) is 1. The SMILES string of the molecule is CCCCCCCCOc1ccc(C(C)C(=O)C(C)c2ccc(OCCCCCCCC)cc2)cc1. The molecule has 0 aromatic heterocycles. The predicted octanol–water partition coefficient (Wildman–Crippen LogP) is 9.64. The molecule has 0 aliphatic heterocycles. The van der Waals surface area contributed by atoms with E-state index in [1.807, 2.05) is 62.4 Å². The summed E-state index contributed by atoms with van der Waals surface area (Å²) in [4.78, 5) is 13.2. The van der Waals surface area contributed by atoms with E-state index in [1.54, 1.807) is 0 Å². The van der Waals surface area contributed by atoms with E-state index in [0.717, 1.165) is 48.7 Å². The summed E-state index contributed by atoms with van der Waals surface area (Å²) in [5.74, 6) is 1.69. The average molecular weight is 495 g/mol. The first-order valence-electron chi connectivity index (χ1n) is 14.6. The second kappa shape index (κ2) is 18.0. The van der Waals surface area contributed by atoms with Gasteiger partial charge in [0.25, 0.3) is 0 Å². The Bertz CT molecular complexity index is 756. The van der Waals surface area contributed by atoms with Gasteiger partial charge in [0.1, 0.15) is 17.3 Å². The molecule has 0 radical (unpaired) electrons. The molecule has 200 valence electrons. The van der Waals surface area contributed by atoms with Crippen LogP contribution in [-0.2, 0) is 4.79 Å². The van der Waals surface area contributed by atoms with Crippen LogP contribution >= 0.6 is 0 Å². The molecular formula is C33H50O3. The molecule has 3 heteroatoms. The Morgan fingerprint density at radius 2 is 0.889 bits per heavy atom. The van der Waals surface area contributed by atoms with Crippen molar-refractivity contribution in [2.45, 2.75) is 117 Å². The molecule has 0 amide bonds. The van der Waals surface area contributed by atoms with Crippen molar-refractivity contribution in [3.8, 4) is 11.5 Å². The fourth-order valence-electron chi connectivity index (χ4n) is 4.55. The molecule has 2 rings (SSSR count). The van der Waals surface area contributed by atoms with Crippen LogP contribution in [0.3, 0.4) is 0 Å². The molecule has 36 heavy (non-hydrogen) atoms. The van der Waals surface area contributed by atoms with Crippen LogP contribution in [0.2, 0.25) is 0 Å². The van der Waals surface area contributed by atoms with Gasteiger partial charge < -0.3 is 9.47 Å². The molecule has 0 aliphatic rings. The third-order valence-corrected chi connectivity index (χ3v) is 7.15. The van der Waals surface area contributed by atoms with E-state index in [0.29, 0.717) is 0 Å². The highest BCUT2D eigenvalue weighted by molar-refractivity contribution is 5.91. The summed E-state index contributed by atoms with van der Waals surface area (Å²) in [5, 5.41) is 0. The average Bonchev–Trinajstić information content (AvgIpc) is 2.91. The second-order valence-corrected chi connectivity index (χ2v) is 10.2. The van der Waals surface area contributed by atoms with Crippen LogP contribution in [0.25, 0.3) is 0 Å². The van der Waals surface area contributed by atoms with Gasteiger partial charge in [-0.2, -0.15) is 0 Å². The molecule has 0 spiro atoms. The Hall–Kier alpha value is -2.29. The lowest BCUT2D eigenvalue weighted by Crippen LogP contribution is -2.16. The highest BCUT2D eigenvalue weighted by atomic mass is 16.5. The van der Waals surface area contributed by atoms with E-state index < -0.39 is 0 Å². The lowest BCUT2D eigenvalue weighted by Gasteiger charge is -2.18. The largest absolute Gasteiger partial charge is 0.494 e. The van der Waals surface area contributed by atoms with Gasteiger partial charge in [0.15, 0.2) is 0 Å². The molecule has 2 aromatic rings. The maximum Gasteiger partial charge on any atom is 0.147 e. The smallest absolute Gasteiger partial charge is 0.147 e. The fraction of sp³-hybridized carbons (Fsp3) is 0.606. The first-order valence-corrected chi connectivity index (χ1v) is 14.6. The van der Waals surface area contributed by atoms with Gasteiger partial charge in [0.2, 0.25) is 0 Å². The van der Waals surface area contributed by atoms with Crippen molar-refractivity contribution in [1.29, 1.82) is 0 Å². The third kappa shape index (κ3) is 11.2. The van der Waals surface area contributed by atoms with E-state index in [1.165, 1.54) is 64.2 Å². The molecule has 0 heterocycles. The van der Waals surface area contributed by atoms with Crippen molar-refractivity contribution in [3.63, 3.8) is 0 Å². The quantitative estimate of drug-likeness (QED) is 0.172. The van der Waals surface area contributed by atoms with Gasteiger partial charge in [-0.1, -0.05) is 116 Å². The number of ketones is 1. The van der Waals surface area contributed by atoms with E-state index in [9.17, 15) is 4.79 Å². The van der Waals surface area contributed by atoms with Crippen LogP contribution in [0.15, 0.2) is 48.5 Å². The standard InChI is InChI=1S/C33H50O3/c1-5-7-9-11-13-15-25-35-31-21-17-29(18-22-31)27(3)33(34)28(4)30-19-23-32(24-20-30)36-26-16-14-12-10-8-6-2/h17-24,27-28H,5-16,25-26H2,1-4H3. The van der Waals surface area contributed by atoms with Gasteiger partial charge in [-0.05, 0) is 48.2 Å². The van der Waals surface area contributed by atoms with E-state index in [2.05, 4.69) is 13.8 Å². The number of unbranched alkanes of at least 4 members (excludes halogenated alkanes) is 10. The van der Waals surface area contributed by atoms with Crippen LogP contribution in [0.1, 0.15) is 128 Å². The topological polar surface area (TPSA) is 35.5 Å². The number of benzene rings is 2. The van der Waals surface area contributed by atoms with Crippen molar-refractivity contribution < 1.29 is 14.3 Å². The predicted molar refractivity (Wildman–Crippen MR) is 152 cm³/mol. The number of hydrogen-bond acceptors (Lipinski definition) is 3. The van der Waals surface area contributed by atoms with Crippen LogP contribution in [0, 0.1) is 0 Å². The highest BCUT2D eigenvalue weighted by Crippen LogP contribution is 2.28. The van der Waals surface area contributed by atoms with E-state index in [4.69, 9.17) is 9.47 Å². The summed E-state index contributed by atoms with van der Waals surface area (Å²) < 4.78 is 11.8. The van der Waals surface area contributed by atoms with Crippen molar-refractivity contribution in [1.82, 2.24) is 0 Å². The van der Waals surface area contributed by atoms with Gasteiger partial charge >= 0.3 is 0 Å². The Labute approximate surface area is 221 Å². The summed E-state index contributed by atoms with van der Waals surface area (Å²) in [7, 11) is 0. The molecule has 2 atom stereocenters. The zero-order valence-corrected chi connectivity index (χ0v) is 23.4. The van der Waals surface area contributed by atoms with Crippen LogP contribution in [0.4, 0.5) is 0 Å². The van der Waals surface area contributed by atoms with Gasteiger partial charge in [-0.3, -0.25) is 4.79 Å². The van der Waals surface area contributed by atoms with Crippen molar-refractivity contribution >= 4 is 5.78 Å². The van der Waals surface area contributed by atoms with Crippen molar-refractivity contribution in [2.75, 3.05) is 13.2 Å². The molecule has 0 aliphatic carbocycles. The molecule has 0 fully saturated rings. The lowest BCUT2D eigenvalue weighted by atomic mass is 9.86. The third-order valence-electron chi connectivity index (χ3n) is 7.15. The van der Waals surface area contributed by atoms with Crippen molar-refractivity contribution in [2.24, 2.45) is 0 Å². The molecule has 0 saturated heterocycles. The Kier molecular flexibility index (Phi) is 15.0. The summed E-state index contributed by atoms with van der Waals surface area (Å²) in [6.45, 7) is 10.0. The molecule has 0 N–H and O–H groups in total. The summed E-state index contributed by atoms with van der Waals surface area (Å²) in [5.41, 5.74) is 2.08. The first kappa shape index (κ1) is 29.9. The maximum atomic E-state index is 13.2. The summed E-state index contributed by atoms with van der Waals surface area (Å²) in [6, 6.07) is 16.1. The van der Waals surface area contributed by atoms with Crippen LogP contribution in [-0.4, -0.2) is 19.0 Å². The van der Waals surface area contributed by atoms with Crippen LogP contribution < -0.4 is 9.47 Å². The summed E-state index contributed by atoms with van der Waals surface area (Å²) >= 11 is 0. The zero-order chi connectivity index (χ0) is 26.0. The van der Waals surface area contributed by atoms with Gasteiger partial charge in [-0.25, -0.2) is 0 Å². The number of carbonyl (C=O) groups excluding carboxylic acids is 1. The minimum Gasteiger partial charge on any atom is -0.494 e. The Balaban J connectivity index is 1.75. The Morgan fingerprint density at radius 1 is 0.556 bits per heavy atom. The monoisotopic (exact) mass is 494 g/mol. The Morgan fingerprint density at radius 3 is 1.25 bits per heavy atom. The number of ether oxygens (including phenoxy) is 2. The first-order chi connectivity index (χ1) is 17.6. The minimum absolute atomic E-state index is 0.156. The van der Waals surface area contributed by atoms with E-state index in [-0.39, 0.29) is 17.6 Å². The van der Waals surface area contributed by atoms with Crippen molar-refractivity contribution in [3.05, 3.63) is 59.7 Å². The highest BCUT2D eigenvalue weighted by Gasteiger charge is 2.23. The van der Waals surface area contributed by atoms with E-state index >= 15 is 0 Å². The number of rotatable bonds is 20. The molecule has 0 bridgehead atoms. The molecule has 3 nitrogen and oxygen atoms in total. The molecule has 0 saturated carbocycles. The number of carbonyl (C=O) groups is 1. The van der Waals surface area contributed by atoms with Gasteiger partial charge in [0.05, 0.1) is 13.2 Å². The van der Waals surface area contributed by atoms with Crippen LogP contribution in [0.5, 0.6) is 11.5 Å². The lowest BCUT2D eigenvalue weighted by molar-refractivity contribution is -0.121. The number of hydrogen-bond donors (Lipinski definition) is 0. The van der Waals surface area contributed by atoms with Gasteiger partial charge in [0, 0.05) is 11.8 Å². The normalized spacial score (nSPS) is 12.8. The second-order valence-electron chi connectivity index (χ2n) is 10.2. The minimum atomic E-state index is -0.156. The zero-order valence-electron chi connectivity index (χ0n) is 23.4. The van der Waals surface area contributed by atoms with Gasteiger partial charge in [-0.15, -0.1) is 0 Å². The summed E-state index contributed by atoms with van der Waals surface area (Å²) in [6.07, 6.45) is 15.1. The maximum absolute atomic E-state index is 13.2. The molecule has 2 aromatic carbocycles. The molecule has 2 unspecified atom stereocenters. The fourth-order valence-corrected chi connectivity index (χ4v) is 4.55.